The SMILES string of the molecule is NCC1CCN(CCC(=O)c2ccc(F)cc2)C1. The van der Waals surface area contributed by atoms with E-state index in [0.717, 1.165) is 32.6 Å². The van der Waals surface area contributed by atoms with Crippen LogP contribution in [0, 0.1) is 11.7 Å². The predicted molar refractivity (Wildman–Crippen MR) is 68.9 cm³/mol. The van der Waals surface area contributed by atoms with Gasteiger partial charge in [-0.2, -0.15) is 0 Å². The normalized spacial score (nSPS) is 20.2. The molecule has 0 radical (unpaired) electrons. The molecular weight excluding hydrogens is 231 g/mol. The molecule has 1 saturated heterocycles. The Labute approximate surface area is 107 Å². The molecule has 2 rings (SSSR count). The summed E-state index contributed by atoms with van der Waals surface area (Å²) in [5.41, 5.74) is 6.22. The van der Waals surface area contributed by atoms with Gasteiger partial charge in [0.15, 0.2) is 5.78 Å². The zero-order valence-corrected chi connectivity index (χ0v) is 10.4. The van der Waals surface area contributed by atoms with Gasteiger partial charge < -0.3 is 10.6 Å². The van der Waals surface area contributed by atoms with Gasteiger partial charge in [-0.05, 0) is 49.7 Å². The maximum atomic E-state index is 12.7. The van der Waals surface area contributed by atoms with E-state index in [1.54, 1.807) is 12.1 Å². The smallest absolute Gasteiger partial charge is 0.164 e. The first-order valence-corrected chi connectivity index (χ1v) is 6.40. The second kappa shape index (κ2) is 6.07. The molecule has 1 atom stereocenters. The van der Waals surface area contributed by atoms with Gasteiger partial charge in [-0.3, -0.25) is 4.79 Å². The van der Waals surface area contributed by atoms with Gasteiger partial charge in [-0.1, -0.05) is 0 Å². The Morgan fingerprint density at radius 1 is 1.39 bits per heavy atom. The molecule has 1 unspecified atom stereocenters. The highest BCUT2D eigenvalue weighted by molar-refractivity contribution is 5.96. The topological polar surface area (TPSA) is 46.3 Å². The molecule has 1 fully saturated rings. The molecule has 2 N–H and O–H groups in total. The van der Waals surface area contributed by atoms with Crippen molar-refractivity contribution in [2.45, 2.75) is 12.8 Å². The minimum absolute atomic E-state index is 0.0752. The lowest BCUT2D eigenvalue weighted by Gasteiger charge is -2.14. The summed E-state index contributed by atoms with van der Waals surface area (Å²) < 4.78 is 12.7. The Hall–Kier alpha value is -1.26. The zero-order valence-electron chi connectivity index (χ0n) is 10.4. The zero-order chi connectivity index (χ0) is 13.0. The lowest BCUT2D eigenvalue weighted by atomic mass is 10.1. The van der Waals surface area contributed by atoms with E-state index in [0.29, 0.717) is 17.9 Å². The number of nitrogens with two attached hydrogens (primary N) is 1. The molecule has 1 aromatic rings. The Morgan fingerprint density at radius 2 is 2.11 bits per heavy atom. The fraction of sp³-hybridized carbons (Fsp3) is 0.500. The van der Waals surface area contributed by atoms with Crippen LogP contribution < -0.4 is 5.73 Å². The number of ketones is 1. The Kier molecular flexibility index (Phi) is 4.44. The van der Waals surface area contributed by atoms with E-state index in [1.807, 2.05) is 0 Å². The number of rotatable bonds is 5. The van der Waals surface area contributed by atoms with Crippen LogP contribution in [0.4, 0.5) is 4.39 Å². The number of hydrogen-bond donors (Lipinski definition) is 1. The molecule has 1 aliphatic rings. The summed E-state index contributed by atoms with van der Waals surface area (Å²) in [6, 6.07) is 5.75. The summed E-state index contributed by atoms with van der Waals surface area (Å²) in [6.45, 7) is 3.51. The summed E-state index contributed by atoms with van der Waals surface area (Å²) in [7, 11) is 0. The number of benzene rings is 1. The maximum absolute atomic E-state index is 12.7. The van der Waals surface area contributed by atoms with Crippen LogP contribution in [0.15, 0.2) is 24.3 Å². The molecule has 0 saturated carbocycles. The Bertz CT molecular complexity index is 405. The van der Waals surface area contributed by atoms with E-state index < -0.39 is 0 Å². The number of Topliss-reactive ketones (excluding diaryl/α,β-unsaturated/α-hetero) is 1. The highest BCUT2D eigenvalue weighted by Crippen LogP contribution is 2.15. The quantitative estimate of drug-likeness (QED) is 0.809. The number of carbonyl (C=O) groups excluding carboxylic acids is 1. The largest absolute Gasteiger partial charge is 0.330 e. The molecular formula is C14H19FN2O. The summed E-state index contributed by atoms with van der Waals surface area (Å²) >= 11 is 0. The van der Waals surface area contributed by atoms with Crippen molar-refractivity contribution in [3.8, 4) is 0 Å². The van der Waals surface area contributed by atoms with Crippen molar-refractivity contribution in [1.82, 2.24) is 4.90 Å². The fourth-order valence-corrected chi connectivity index (χ4v) is 2.35. The van der Waals surface area contributed by atoms with Gasteiger partial charge in [0.1, 0.15) is 5.82 Å². The highest BCUT2D eigenvalue weighted by Gasteiger charge is 2.21. The molecule has 0 aromatic heterocycles. The van der Waals surface area contributed by atoms with E-state index in [1.165, 1.54) is 12.1 Å². The van der Waals surface area contributed by atoms with Crippen molar-refractivity contribution in [2.24, 2.45) is 11.7 Å². The lowest BCUT2D eigenvalue weighted by Crippen LogP contribution is -2.25. The number of carbonyl (C=O) groups is 1. The van der Waals surface area contributed by atoms with E-state index in [4.69, 9.17) is 5.73 Å². The standard InChI is InChI=1S/C14H19FN2O/c15-13-3-1-12(2-4-13)14(18)6-8-17-7-5-11(9-16)10-17/h1-4,11H,5-10,16H2. The molecule has 98 valence electrons. The summed E-state index contributed by atoms with van der Waals surface area (Å²) in [4.78, 5) is 14.2. The average molecular weight is 250 g/mol. The number of nitrogens with zero attached hydrogens (tertiary/aromatic N) is 1. The van der Waals surface area contributed by atoms with E-state index >= 15 is 0 Å². The fourth-order valence-electron chi connectivity index (χ4n) is 2.35. The third kappa shape index (κ3) is 3.37. The molecule has 0 spiro atoms. The minimum Gasteiger partial charge on any atom is -0.330 e. The molecule has 0 amide bonds. The van der Waals surface area contributed by atoms with Crippen LogP contribution in [0.1, 0.15) is 23.2 Å². The van der Waals surface area contributed by atoms with Gasteiger partial charge in [0.2, 0.25) is 0 Å². The Morgan fingerprint density at radius 3 is 2.72 bits per heavy atom. The van der Waals surface area contributed by atoms with Crippen LogP contribution in [0.5, 0.6) is 0 Å². The number of likely N-dealkylation sites (tertiary alicyclic amines) is 1. The number of hydrogen-bond acceptors (Lipinski definition) is 3. The average Bonchev–Trinajstić information content (AvgIpc) is 2.85. The molecule has 4 heteroatoms. The van der Waals surface area contributed by atoms with Crippen LogP contribution in [-0.4, -0.2) is 36.9 Å². The van der Waals surface area contributed by atoms with Crippen molar-refractivity contribution >= 4 is 5.78 Å². The van der Waals surface area contributed by atoms with Crippen molar-refractivity contribution < 1.29 is 9.18 Å². The number of halogens is 1. The predicted octanol–water partition coefficient (Wildman–Crippen LogP) is 1.68. The monoisotopic (exact) mass is 250 g/mol. The third-order valence-electron chi connectivity index (χ3n) is 3.52. The second-order valence-corrected chi connectivity index (χ2v) is 4.87. The van der Waals surface area contributed by atoms with Crippen LogP contribution in [-0.2, 0) is 0 Å². The molecule has 3 nitrogen and oxygen atoms in total. The molecule has 0 bridgehead atoms. The van der Waals surface area contributed by atoms with E-state index in [-0.39, 0.29) is 11.6 Å². The van der Waals surface area contributed by atoms with Crippen molar-refractivity contribution in [3.05, 3.63) is 35.6 Å². The van der Waals surface area contributed by atoms with Gasteiger partial charge >= 0.3 is 0 Å². The summed E-state index contributed by atoms with van der Waals surface area (Å²) in [5.74, 6) is 0.342. The second-order valence-electron chi connectivity index (χ2n) is 4.87. The third-order valence-corrected chi connectivity index (χ3v) is 3.52. The Balaban J connectivity index is 1.80. The van der Waals surface area contributed by atoms with Crippen LogP contribution >= 0.6 is 0 Å². The molecule has 1 aliphatic heterocycles. The molecule has 1 aromatic carbocycles. The van der Waals surface area contributed by atoms with Gasteiger partial charge in [0, 0.05) is 25.1 Å². The van der Waals surface area contributed by atoms with Gasteiger partial charge in [0.25, 0.3) is 0 Å². The maximum Gasteiger partial charge on any atom is 0.164 e. The van der Waals surface area contributed by atoms with Crippen molar-refractivity contribution in [3.63, 3.8) is 0 Å². The van der Waals surface area contributed by atoms with Crippen molar-refractivity contribution in [2.75, 3.05) is 26.2 Å². The first kappa shape index (κ1) is 13.2. The van der Waals surface area contributed by atoms with Gasteiger partial charge in [0.05, 0.1) is 0 Å². The molecule has 1 heterocycles. The first-order valence-electron chi connectivity index (χ1n) is 6.40. The molecule has 0 aliphatic carbocycles. The van der Waals surface area contributed by atoms with E-state index in [2.05, 4.69) is 4.90 Å². The minimum atomic E-state index is -0.308. The van der Waals surface area contributed by atoms with Crippen LogP contribution in [0.25, 0.3) is 0 Å². The highest BCUT2D eigenvalue weighted by atomic mass is 19.1. The van der Waals surface area contributed by atoms with Crippen molar-refractivity contribution in [1.29, 1.82) is 0 Å². The van der Waals surface area contributed by atoms with Gasteiger partial charge in [-0.15, -0.1) is 0 Å². The lowest BCUT2D eigenvalue weighted by molar-refractivity contribution is 0.0968. The van der Waals surface area contributed by atoms with Crippen LogP contribution in [0.2, 0.25) is 0 Å². The molecule has 18 heavy (non-hydrogen) atoms. The van der Waals surface area contributed by atoms with Crippen LogP contribution in [0.3, 0.4) is 0 Å². The van der Waals surface area contributed by atoms with Gasteiger partial charge in [-0.25, -0.2) is 4.39 Å². The van der Waals surface area contributed by atoms with E-state index in [9.17, 15) is 9.18 Å². The first-order chi connectivity index (χ1) is 8.69. The summed E-state index contributed by atoms with van der Waals surface area (Å²) in [5, 5.41) is 0. The summed E-state index contributed by atoms with van der Waals surface area (Å²) in [6.07, 6.45) is 1.62.